The zero-order valence-electron chi connectivity index (χ0n) is 11.7. The van der Waals surface area contributed by atoms with Crippen LogP contribution in [0.15, 0.2) is 47.2 Å². The van der Waals surface area contributed by atoms with Crippen molar-refractivity contribution in [3.05, 3.63) is 64.2 Å². The van der Waals surface area contributed by atoms with Gasteiger partial charge in [-0.3, -0.25) is 4.79 Å². The lowest BCUT2D eigenvalue weighted by atomic mass is 10.1. The second-order valence-corrected chi connectivity index (χ2v) is 6.33. The lowest BCUT2D eigenvalue weighted by Gasteiger charge is -2.02. The number of rotatable bonds is 5. The number of carbonyl (C=O) groups is 2. The van der Waals surface area contributed by atoms with E-state index in [1.807, 2.05) is 17.5 Å². The Morgan fingerprint density at radius 2 is 2.04 bits per heavy atom. The molecule has 2 heterocycles. The quantitative estimate of drug-likeness (QED) is 0.516. The fraction of sp³-hybridized carbons (Fsp3) is 0.0625. The summed E-state index contributed by atoms with van der Waals surface area (Å²) in [5.74, 6) is -1.65. The van der Waals surface area contributed by atoms with Gasteiger partial charge in [-0.15, -0.1) is 22.7 Å². The van der Waals surface area contributed by atoms with Crippen molar-refractivity contribution in [3.8, 4) is 9.88 Å². The average Bonchev–Trinajstić information content (AvgIpc) is 3.22. The van der Waals surface area contributed by atoms with Gasteiger partial charge in [0, 0.05) is 10.9 Å². The molecule has 0 unspecified atom stereocenters. The number of Topliss-reactive ketones (excluding diaryl/α,β-unsaturated/α-hetero) is 1. The maximum Gasteiger partial charge on any atom is 0.358 e. The zero-order chi connectivity index (χ0) is 16.2. The highest BCUT2D eigenvalue weighted by Gasteiger charge is 2.16. The van der Waals surface area contributed by atoms with Crippen LogP contribution in [0.25, 0.3) is 9.88 Å². The molecule has 0 aliphatic carbocycles. The molecule has 0 amide bonds. The normalized spacial score (nSPS) is 10.5. The predicted molar refractivity (Wildman–Crippen MR) is 86.4 cm³/mol. The lowest BCUT2D eigenvalue weighted by Crippen LogP contribution is -2.14. The Kier molecular flexibility index (Phi) is 4.59. The van der Waals surface area contributed by atoms with Crippen LogP contribution in [0.5, 0.6) is 0 Å². The summed E-state index contributed by atoms with van der Waals surface area (Å²) in [4.78, 5) is 29.0. The molecule has 4 nitrogen and oxygen atoms in total. The monoisotopic (exact) mass is 347 g/mol. The van der Waals surface area contributed by atoms with E-state index in [9.17, 15) is 14.0 Å². The van der Waals surface area contributed by atoms with Gasteiger partial charge in [-0.2, -0.15) is 0 Å². The maximum atomic E-state index is 13.1. The van der Waals surface area contributed by atoms with Crippen molar-refractivity contribution in [1.82, 2.24) is 4.98 Å². The van der Waals surface area contributed by atoms with Crippen molar-refractivity contribution < 1.29 is 18.7 Å². The molecule has 7 heteroatoms. The van der Waals surface area contributed by atoms with Gasteiger partial charge in [0.25, 0.3) is 0 Å². The van der Waals surface area contributed by atoms with Crippen molar-refractivity contribution in [2.75, 3.05) is 6.61 Å². The van der Waals surface area contributed by atoms with Crippen molar-refractivity contribution in [2.45, 2.75) is 0 Å². The van der Waals surface area contributed by atoms with Crippen molar-refractivity contribution in [2.24, 2.45) is 0 Å². The van der Waals surface area contributed by atoms with E-state index >= 15 is 0 Å². The van der Waals surface area contributed by atoms with Gasteiger partial charge in [-0.25, -0.2) is 14.2 Å². The molecule has 0 radical (unpaired) electrons. The first-order chi connectivity index (χ1) is 11.1. The minimum atomic E-state index is -0.672. The maximum absolute atomic E-state index is 13.1. The van der Waals surface area contributed by atoms with Crippen LogP contribution in [-0.2, 0) is 4.74 Å². The van der Waals surface area contributed by atoms with E-state index in [4.69, 9.17) is 4.74 Å². The van der Waals surface area contributed by atoms with Crippen LogP contribution >= 0.6 is 22.7 Å². The molecule has 23 heavy (non-hydrogen) atoms. The van der Waals surface area contributed by atoms with Gasteiger partial charge in [0.15, 0.2) is 18.1 Å². The molecule has 0 bridgehead atoms. The van der Waals surface area contributed by atoms with E-state index < -0.39 is 24.2 Å². The van der Waals surface area contributed by atoms with E-state index in [0.717, 1.165) is 16.0 Å². The van der Waals surface area contributed by atoms with Gasteiger partial charge in [-0.05, 0) is 23.6 Å². The smallest absolute Gasteiger partial charge is 0.358 e. The third-order valence-corrected chi connectivity index (χ3v) is 4.81. The summed E-state index contributed by atoms with van der Waals surface area (Å²) in [6.45, 7) is -0.450. The fourth-order valence-corrected chi connectivity index (χ4v) is 3.43. The Morgan fingerprint density at radius 3 is 2.78 bits per heavy atom. The van der Waals surface area contributed by atoms with Gasteiger partial charge < -0.3 is 4.74 Å². The molecule has 0 fully saturated rings. The number of thiazole rings is 1. The number of carbonyl (C=O) groups excluding carboxylic acids is 2. The number of esters is 1. The van der Waals surface area contributed by atoms with Crippen LogP contribution in [0.2, 0.25) is 0 Å². The SMILES string of the molecule is O=C(COC(=O)c1csc(-c2cccs2)n1)c1cccc(F)c1. The standard InChI is InChI=1S/C16H10FNO3S2/c17-11-4-1-3-10(7-11)13(19)8-21-16(20)12-9-23-15(18-12)14-5-2-6-22-14/h1-7,9H,8H2. The molecule has 0 spiro atoms. The molecule has 3 aromatic rings. The summed E-state index contributed by atoms with van der Waals surface area (Å²) in [5.41, 5.74) is 0.320. The summed E-state index contributed by atoms with van der Waals surface area (Å²) < 4.78 is 18.0. The third-order valence-electron chi connectivity index (χ3n) is 2.93. The summed E-state index contributed by atoms with van der Waals surface area (Å²) in [6, 6.07) is 9.05. The molecule has 0 aliphatic heterocycles. The topological polar surface area (TPSA) is 56.3 Å². The summed E-state index contributed by atoms with van der Waals surface area (Å²) >= 11 is 2.86. The first-order valence-electron chi connectivity index (χ1n) is 6.59. The van der Waals surface area contributed by atoms with Crippen LogP contribution in [0.4, 0.5) is 4.39 Å². The third kappa shape index (κ3) is 3.69. The molecule has 0 saturated heterocycles. The largest absolute Gasteiger partial charge is 0.453 e. The average molecular weight is 347 g/mol. The van der Waals surface area contributed by atoms with Crippen LogP contribution in [0, 0.1) is 5.82 Å². The highest BCUT2D eigenvalue weighted by molar-refractivity contribution is 7.20. The van der Waals surface area contributed by atoms with E-state index in [1.165, 1.54) is 40.9 Å². The second-order valence-electron chi connectivity index (χ2n) is 4.52. The molecule has 1 aromatic carbocycles. The summed E-state index contributed by atoms with van der Waals surface area (Å²) in [7, 11) is 0. The van der Waals surface area contributed by atoms with Crippen LogP contribution in [0.3, 0.4) is 0 Å². The van der Waals surface area contributed by atoms with Crippen molar-refractivity contribution >= 4 is 34.4 Å². The first kappa shape index (κ1) is 15.5. The van der Waals surface area contributed by atoms with E-state index in [0.29, 0.717) is 0 Å². The minimum Gasteiger partial charge on any atom is -0.453 e. The number of nitrogens with zero attached hydrogens (tertiary/aromatic N) is 1. The molecular formula is C16H10FNO3S2. The Bertz CT molecular complexity index is 843. The van der Waals surface area contributed by atoms with Gasteiger partial charge in [0.05, 0.1) is 4.88 Å². The Labute approximate surface area is 139 Å². The number of hydrogen-bond donors (Lipinski definition) is 0. The number of ketones is 1. The van der Waals surface area contributed by atoms with Crippen LogP contribution in [-0.4, -0.2) is 23.3 Å². The van der Waals surface area contributed by atoms with Gasteiger partial charge in [-0.1, -0.05) is 18.2 Å². The zero-order valence-corrected chi connectivity index (χ0v) is 13.3. The molecule has 0 aliphatic rings. The van der Waals surface area contributed by atoms with Crippen LogP contribution in [0.1, 0.15) is 20.8 Å². The van der Waals surface area contributed by atoms with Gasteiger partial charge >= 0.3 is 5.97 Å². The first-order valence-corrected chi connectivity index (χ1v) is 8.35. The van der Waals surface area contributed by atoms with E-state index in [2.05, 4.69) is 4.98 Å². The van der Waals surface area contributed by atoms with Crippen molar-refractivity contribution in [1.29, 1.82) is 0 Å². The van der Waals surface area contributed by atoms with E-state index in [1.54, 1.807) is 5.38 Å². The van der Waals surface area contributed by atoms with Gasteiger partial charge in [0.1, 0.15) is 10.8 Å². The number of aromatic nitrogens is 1. The molecule has 116 valence electrons. The Hall–Kier alpha value is -2.38. The summed E-state index contributed by atoms with van der Waals surface area (Å²) in [5, 5.41) is 4.24. The van der Waals surface area contributed by atoms with Crippen LogP contribution < -0.4 is 0 Å². The number of thiophene rings is 1. The minimum absolute atomic E-state index is 0.158. The van der Waals surface area contributed by atoms with Gasteiger partial charge in [0.2, 0.25) is 0 Å². The lowest BCUT2D eigenvalue weighted by molar-refractivity contribution is 0.0470. The number of halogens is 1. The van der Waals surface area contributed by atoms with Crippen molar-refractivity contribution in [3.63, 3.8) is 0 Å². The molecule has 3 rings (SSSR count). The molecule has 2 aromatic heterocycles. The molecule has 0 saturated carbocycles. The number of ether oxygens (including phenoxy) is 1. The highest BCUT2D eigenvalue weighted by Crippen LogP contribution is 2.27. The Morgan fingerprint density at radius 1 is 1.17 bits per heavy atom. The second kappa shape index (κ2) is 6.80. The highest BCUT2D eigenvalue weighted by atomic mass is 32.1. The predicted octanol–water partition coefficient (Wildman–Crippen LogP) is 4.05. The number of benzene rings is 1. The fourth-order valence-electron chi connectivity index (χ4n) is 1.83. The molecule has 0 N–H and O–H groups in total. The number of hydrogen-bond acceptors (Lipinski definition) is 6. The molecular weight excluding hydrogens is 337 g/mol. The van der Waals surface area contributed by atoms with E-state index in [-0.39, 0.29) is 11.3 Å². The summed E-state index contributed by atoms with van der Waals surface area (Å²) in [6.07, 6.45) is 0. The Balaban J connectivity index is 1.62. The molecule has 0 atom stereocenters.